The fourth-order valence-electron chi connectivity index (χ4n) is 0.704. The van der Waals surface area contributed by atoms with Gasteiger partial charge < -0.3 is 5.11 Å². The number of nitrogens with two attached hydrogens (primary N) is 1. The molecule has 0 spiro atoms. The molecule has 5 nitrogen and oxygen atoms in total. The van der Waals surface area contributed by atoms with Crippen molar-refractivity contribution in [2.45, 2.75) is 11.6 Å². The summed E-state index contributed by atoms with van der Waals surface area (Å²) in [6.45, 7) is -0.231. The molecule has 0 aliphatic heterocycles. The fourth-order valence-corrected chi connectivity index (χ4v) is 1.23. The van der Waals surface area contributed by atoms with Crippen molar-refractivity contribution in [1.29, 1.82) is 0 Å². The summed E-state index contributed by atoms with van der Waals surface area (Å²) in [6.07, 6.45) is 1.28. The molecule has 0 fully saturated rings. The normalized spacial score (nSPS) is 11.5. The van der Waals surface area contributed by atoms with Crippen molar-refractivity contribution < 1.29 is 13.5 Å². The van der Waals surface area contributed by atoms with Crippen LogP contribution < -0.4 is 5.14 Å². The zero-order valence-corrected chi connectivity index (χ0v) is 6.95. The summed E-state index contributed by atoms with van der Waals surface area (Å²) >= 11 is 0. The van der Waals surface area contributed by atoms with Crippen LogP contribution in [-0.4, -0.2) is 18.5 Å². The first-order valence-electron chi connectivity index (χ1n) is 3.12. The van der Waals surface area contributed by atoms with E-state index in [-0.39, 0.29) is 11.6 Å². The molecule has 1 aromatic rings. The van der Waals surface area contributed by atoms with Gasteiger partial charge in [0.05, 0.1) is 6.61 Å². The van der Waals surface area contributed by atoms with Gasteiger partial charge in [0.2, 0.25) is 0 Å². The van der Waals surface area contributed by atoms with Gasteiger partial charge in [0.15, 0.2) is 5.03 Å². The molecule has 1 rings (SSSR count). The van der Waals surface area contributed by atoms with Gasteiger partial charge in [-0.05, 0) is 17.7 Å². The van der Waals surface area contributed by atoms with E-state index >= 15 is 0 Å². The Morgan fingerprint density at radius 1 is 1.58 bits per heavy atom. The summed E-state index contributed by atoms with van der Waals surface area (Å²) in [4.78, 5) is 3.53. The van der Waals surface area contributed by atoms with Gasteiger partial charge in [-0.3, -0.25) is 0 Å². The first-order chi connectivity index (χ1) is 5.54. The minimum absolute atomic E-state index is 0.228. The predicted octanol–water partition coefficient (Wildman–Crippen LogP) is -0.779. The molecule has 6 heteroatoms. The Morgan fingerprint density at radius 3 is 2.75 bits per heavy atom. The van der Waals surface area contributed by atoms with Crippen molar-refractivity contribution in [2.24, 2.45) is 5.14 Å². The van der Waals surface area contributed by atoms with E-state index in [1.54, 1.807) is 0 Å². The molecular weight excluding hydrogens is 180 g/mol. The monoisotopic (exact) mass is 188 g/mol. The van der Waals surface area contributed by atoms with Crippen LogP contribution in [0.5, 0.6) is 0 Å². The summed E-state index contributed by atoms with van der Waals surface area (Å²) in [5, 5.41) is 13.2. The lowest BCUT2D eigenvalue weighted by Crippen LogP contribution is -2.14. The van der Waals surface area contributed by atoms with Crippen LogP contribution in [0.15, 0.2) is 23.4 Å². The Kier molecular flexibility index (Phi) is 2.41. The number of hydrogen-bond donors (Lipinski definition) is 2. The minimum atomic E-state index is -3.76. The van der Waals surface area contributed by atoms with Gasteiger partial charge in [0.1, 0.15) is 0 Å². The van der Waals surface area contributed by atoms with E-state index in [1.807, 2.05) is 0 Å². The number of sulfonamides is 1. The van der Waals surface area contributed by atoms with Crippen LogP contribution in [0.1, 0.15) is 5.56 Å². The first kappa shape index (κ1) is 9.11. The number of rotatable bonds is 2. The van der Waals surface area contributed by atoms with Gasteiger partial charge in [0, 0.05) is 6.20 Å². The van der Waals surface area contributed by atoms with Crippen LogP contribution in [0.3, 0.4) is 0 Å². The number of primary sulfonamides is 1. The second kappa shape index (κ2) is 3.18. The van der Waals surface area contributed by atoms with Gasteiger partial charge in [-0.1, -0.05) is 0 Å². The Balaban J connectivity index is 3.20. The number of aliphatic hydroxyl groups is 1. The Morgan fingerprint density at radius 2 is 2.25 bits per heavy atom. The molecule has 0 aliphatic carbocycles. The molecule has 0 radical (unpaired) electrons. The average molecular weight is 188 g/mol. The molecule has 0 atom stereocenters. The van der Waals surface area contributed by atoms with Gasteiger partial charge in [-0.25, -0.2) is 18.5 Å². The van der Waals surface area contributed by atoms with E-state index in [0.717, 1.165) is 0 Å². The highest BCUT2D eigenvalue weighted by molar-refractivity contribution is 7.89. The van der Waals surface area contributed by atoms with E-state index in [2.05, 4.69) is 4.98 Å². The molecular formula is C6H8N2O3S. The standard InChI is InChI=1S/C6H8N2O3S/c7-12(10,11)6-3-5(4-9)1-2-8-6/h1-3,9H,4H2,(H2,7,10,11). The van der Waals surface area contributed by atoms with Gasteiger partial charge in [0.25, 0.3) is 10.0 Å². The van der Waals surface area contributed by atoms with Crippen LogP contribution >= 0.6 is 0 Å². The lowest BCUT2D eigenvalue weighted by Gasteiger charge is -1.98. The number of aromatic nitrogens is 1. The molecule has 0 amide bonds. The maximum Gasteiger partial charge on any atom is 0.255 e. The smallest absolute Gasteiger partial charge is 0.255 e. The molecule has 0 saturated carbocycles. The van der Waals surface area contributed by atoms with Crippen molar-refractivity contribution in [3.8, 4) is 0 Å². The van der Waals surface area contributed by atoms with Crippen molar-refractivity contribution in [3.05, 3.63) is 23.9 Å². The lowest BCUT2D eigenvalue weighted by atomic mass is 10.3. The molecule has 12 heavy (non-hydrogen) atoms. The molecule has 3 N–H and O–H groups in total. The second-order valence-electron chi connectivity index (χ2n) is 2.21. The maximum atomic E-state index is 10.7. The van der Waals surface area contributed by atoms with Gasteiger partial charge >= 0.3 is 0 Å². The van der Waals surface area contributed by atoms with Crippen molar-refractivity contribution in [1.82, 2.24) is 4.98 Å². The molecule has 1 heterocycles. The molecule has 66 valence electrons. The first-order valence-corrected chi connectivity index (χ1v) is 4.67. The van der Waals surface area contributed by atoms with Gasteiger partial charge in [-0.15, -0.1) is 0 Å². The van der Waals surface area contributed by atoms with E-state index < -0.39 is 10.0 Å². The third kappa shape index (κ3) is 2.00. The largest absolute Gasteiger partial charge is 0.392 e. The van der Waals surface area contributed by atoms with Crippen molar-refractivity contribution in [2.75, 3.05) is 0 Å². The number of hydrogen-bond acceptors (Lipinski definition) is 4. The van der Waals surface area contributed by atoms with Crippen LogP contribution in [0, 0.1) is 0 Å². The van der Waals surface area contributed by atoms with Gasteiger partial charge in [-0.2, -0.15) is 0 Å². The maximum absolute atomic E-state index is 10.7. The SMILES string of the molecule is NS(=O)(=O)c1cc(CO)ccn1. The second-order valence-corrected chi connectivity index (χ2v) is 3.71. The van der Waals surface area contributed by atoms with E-state index in [0.29, 0.717) is 5.56 Å². The lowest BCUT2D eigenvalue weighted by molar-refractivity contribution is 0.281. The van der Waals surface area contributed by atoms with Crippen LogP contribution in [0.2, 0.25) is 0 Å². The van der Waals surface area contributed by atoms with Crippen LogP contribution in [0.25, 0.3) is 0 Å². The number of aliphatic hydroxyl groups excluding tert-OH is 1. The highest BCUT2D eigenvalue weighted by atomic mass is 32.2. The molecule has 0 aromatic carbocycles. The van der Waals surface area contributed by atoms with E-state index in [4.69, 9.17) is 10.2 Å². The molecule has 1 aromatic heterocycles. The third-order valence-electron chi connectivity index (χ3n) is 1.27. The average Bonchev–Trinajstić information content (AvgIpc) is 2.03. The highest BCUT2D eigenvalue weighted by Gasteiger charge is 2.08. The van der Waals surface area contributed by atoms with E-state index in [9.17, 15) is 8.42 Å². The van der Waals surface area contributed by atoms with Crippen LogP contribution in [0.4, 0.5) is 0 Å². The quantitative estimate of drug-likeness (QED) is 0.636. The third-order valence-corrected chi connectivity index (χ3v) is 2.08. The summed E-state index contributed by atoms with van der Waals surface area (Å²) in [6, 6.07) is 2.74. The predicted molar refractivity (Wildman–Crippen MR) is 41.5 cm³/mol. The number of pyridine rings is 1. The zero-order chi connectivity index (χ0) is 9.19. The zero-order valence-electron chi connectivity index (χ0n) is 6.14. The van der Waals surface area contributed by atoms with Crippen LogP contribution in [-0.2, 0) is 16.6 Å². The van der Waals surface area contributed by atoms with Crippen molar-refractivity contribution in [3.63, 3.8) is 0 Å². The molecule has 0 unspecified atom stereocenters. The molecule has 0 aliphatic rings. The van der Waals surface area contributed by atoms with Crippen molar-refractivity contribution >= 4 is 10.0 Å². The Labute approximate surface area is 69.9 Å². The fraction of sp³-hybridized carbons (Fsp3) is 0.167. The molecule has 0 bridgehead atoms. The summed E-state index contributed by atoms with van der Waals surface area (Å²) in [7, 11) is -3.76. The van der Waals surface area contributed by atoms with E-state index in [1.165, 1.54) is 18.3 Å². The number of nitrogens with zero attached hydrogens (tertiary/aromatic N) is 1. The Bertz CT molecular complexity index is 374. The summed E-state index contributed by atoms with van der Waals surface area (Å²) < 4.78 is 21.5. The molecule has 0 saturated heterocycles. The highest BCUT2D eigenvalue weighted by Crippen LogP contribution is 2.05. The summed E-state index contributed by atoms with van der Waals surface area (Å²) in [5.41, 5.74) is 0.467. The topological polar surface area (TPSA) is 93.3 Å². The minimum Gasteiger partial charge on any atom is -0.392 e. The Hall–Kier alpha value is -0.980. The summed E-state index contributed by atoms with van der Waals surface area (Å²) in [5.74, 6) is 0.